The lowest BCUT2D eigenvalue weighted by molar-refractivity contribution is -0.897. The number of amides is 2. The summed E-state index contributed by atoms with van der Waals surface area (Å²) in [5, 5.41) is 21.6. The number of hydrogen-bond acceptors (Lipinski definition) is 11. The Morgan fingerprint density at radius 3 is 2.81 bits per heavy atom. The SMILES string of the molecule is CO/N=C(\C(=O)N[C@@H]1C(=O)N2C(C(=O)[O-])=C(/C=C/C[N+](C)(C)Cc3cccs3)CS[C@@H]12)c1csc(N)n1. The molecule has 37 heavy (non-hydrogen) atoms. The number of nitrogens with one attached hydrogen (secondary N) is 1. The van der Waals surface area contributed by atoms with Crippen molar-refractivity contribution in [3.8, 4) is 0 Å². The van der Waals surface area contributed by atoms with Gasteiger partial charge in [0.25, 0.3) is 11.8 Å². The van der Waals surface area contributed by atoms with Crippen molar-refractivity contribution in [1.82, 2.24) is 15.2 Å². The Hall–Kier alpha value is -3.20. The standard InChI is InChI=1S/C23H26N6O5S3/c1-29(2,10-14-7-5-9-35-14)8-4-6-13-11-36-21-17(20(31)28(21)18(13)22(32)33)26-19(30)16(27-34-3)15-12-37-23(24)25-15/h4-7,9,12,17,21H,8,10-11H2,1-3H3,(H3-,24,25,26,30,32,33)/b6-4+,27-16-/t17-,21+/m1/s1. The topological polar surface area (TPSA) is 150 Å². The van der Waals surface area contributed by atoms with Crippen molar-refractivity contribution in [3.05, 3.63) is 56.9 Å². The second kappa shape index (κ2) is 11.0. The zero-order valence-electron chi connectivity index (χ0n) is 20.4. The lowest BCUT2D eigenvalue weighted by Gasteiger charge is -2.50. The quantitative estimate of drug-likeness (QED) is 0.183. The highest BCUT2D eigenvalue weighted by atomic mass is 32.2. The van der Waals surface area contributed by atoms with Gasteiger partial charge in [0.1, 0.15) is 30.8 Å². The largest absolute Gasteiger partial charge is 0.543 e. The maximum Gasteiger partial charge on any atom is 0.276 e. The highest BCUT2D eigenvalue weighted by molar-refractivity contribution is 8.00. The van der Waals surface area contributed by atoms with Gasteiger partial charge in [0.15, 0.2) is 10.8 Å². The van der Waals surface area contributed by atoms with Crippen molar-refractivity contribution in [2.45, 2.75) is 18.0 Å². The lowest BCUT2D eigenvalue weighted by Crippen LogP contribution is -2.71. The molecule has 0 unspecified atom stereocenters. The number of carboxylic acids is 1. The molecule has 4 rings (SSSR count). The summed E-state index contributed by atoms with van der Waals surface area (Å²) >= 11 is 4.19. The smallest absolute Gasteiger partial charge is 0.276 e. The number of carbonyl (C=O) groups excluding carboxylic acids is 3. The zero-order valence-corrected chi connectivity index (χ0v) is 22.8. The molecule has 11 nitrogen and oxygen atoms in total. The molecule has 0 aliphatic carbocycles. The number of anilines is 1. The van der Waals surface area contributed by atoms with Crippen LogP contribution in [0.5, 0.6) is 0 Å². The Labute approximate surface area is 225 Å². The van der Waals surface area contributed by atoms with Crippen LogP contribution in [0.15, 0.2) is 51.5 Å². The van der Waals surface area contributed by atoms with Crippen molar-refractivity contribution >= 4 is 63.1 Å². The summed E-state index contributed by atoms with van der Waals surface area (Å²) in [6.07, 6.45) is 3.67. The second-order valence-corrected chi connectivity index (χ2v) is 12.0. The van der Waals surface area contributed by atoms with Gasteiger partial charge in [-0.3, -0.25) is 14.5 Å². The van der Waals surface area contributed by atoms with E-state index in [0.29, 0.717) is 22.4 Å². The number of aliphatic carboxylic acids is 1. The van der Waals surface area contributed by atoms with E-state index in [1.807, 2.05) is 17.5 Å². The summed E-state index contributed by atoms with van der Waals surface area (Å²) in [6, 6.07) is 3.17. The van der Waals surface area contributed by atoms with E-state index in [0.717, 1.165) is 17.9 Å². The van der Waals surface area contributed by atoms with E-state index in [4.69, 9.17) is 10.6 Å². The van der Waals surface area contributed by atoms with Gasteiger partial charge in [-0.2, -0.15) is 0 Å². The predicted octanol–water partition coefficient (Wildman–Crippen LogP) is 0.374. The first-order valence-electron chi connectivity index (χ1n) is 11.1. The van der Waals surface area contributed by atoms with Gasteiger partial charge >= 0.3 is 0 Å². The minimum atomic E-state index is -1.44. The zero-order chi connectivity index (χ0) is 26.7. The first-order valence-corrected chi connectivity index (χ1v) is 14.0. The average molecular weight is 563 g/mol. The molecule has 0 radical (unpaired) electrons. The molecule has 2 amide bonds. The maximum absolute atomic E-state index is 13.0. The number of nitrogens with two attached hydrogens (primary N) is 1. The third-order valence-electron chi connectivity index (χ3n) is 5.72. The van der Waals surface area contributed by atoms with Crippen LogP contribution in [0.2, 0.25) is 0 Å². The number of thiazole rings is 1. The fraction of sp³-hybridized carbons (Fsp3) is 0.348. The molecular formula is C23H26N6O5S3. The second-order valence-electron chi connectivity index (χ2n) is 8.97. The van der Waals surface area contributed by atoms with Crippen molar-refractivity contribution in [1.29, 1.82) is 0 Å². The summed E-state index contributed by atoms with van der Waals surface area (Å²) < 4.78 is 0.688. The first-order chi connectivity index (χ1) is 17.6. The molecular weight excluding hydrogens is 536 g/mol. The number of nitrogen functional groups attached to an aromatic ring is 1. The van der Waals surface area contributed by atoms with Crippen LogP contribution in [0.3, 0.4) is 0 Å². The normalized spacial score (nSPS) is 20.1. The van der Waals surface area contributed by atoms with E-state index in [2.05, 4.69) is 35.6 Å². The Bertz CT molecular complexity index is 1280. The van der Waals surface area contributed by atoms with E-state index in [1.165, 1.54) is 28.6 Å². The number of quaternary nitrogens is 1. The summed E-state index contributed by atoms with van der Waals surface area (Å²) in [7, 11) is 5.47. The van der Waals surface area contributed by atoms with Crippen LogP contribution in [0.1, 0.15) is 10.6 Å². The number of thioether (sulfide) groups is 1. The Morgan fingerprint density at radius 1 is 1.41 bits per heavy atom. The van der Waals surface area contributed by atoms with Crippen molar-refractivity contribution in [3.63, 3.8) is 0 Å². The van der Waals surface area contributed by atoms with Gasteiger partial charge in [-0.25, -0.2) is 4.98 Å². The van der Waals surface area contributed by atoms with E-state index in [9.17, 15) is 19.5 Å². The highest BCUT2D eigenvalue weighted by Gasteiger charge is 2.53. The molecule has 4 heterocycles. The molecule has 3 N–H and O–H groups in total. The number of carboxylic acid groups (broad SMARTS) is 1. The third kappa shape index (κ3) is 5.87. The molecule has 0 saturated carbocycles. The number of carbonyl (C=O) groups is 3. The van der Waals surface area contributed by atoms with E-state index >= 15 is 0 Å². The summed E-state index contributed by atoms with van der Waals surface area (Å²) in [5.41, 5.74) is 6.05. The molecule has 0 bridgehead atoms. The average Bonchev–Trinajstić information content (AvgIpc) is 3.51. The molecule has 1 saturated heterocycles. The van der Waals surface area contributed by atoms with Gasteiger partial charge in [0, 0.05) is 11.1 Å². The van der Waals surface area contributed by atoms with Crippen LogP contribution in [0.4, 0.5) is 5.13 Å². The molecule has 0 aromatic carbocycles. The van der Waals surface area contributed by atoms with Crippen LogP contribution in [-0.4, -0.2) is 82.8 Å². The van der Waals surface area contributed by atoms with E-state index < -0.39 is 29.2 Å². The van der Waals surface area contributed by atoms with Gasteiger partial charge in [0.2, 0.25) is 0 Å². The fourth-order valence-corrected chi connectivity index (χ4v) is 6.81. The number of thiophene rings is 1. The first kappa shape index (κ1) is 26.9. The molecule has 0 spiro atoms. The number of rotatable bonds is 10. The minimum Gasteiger partial charge on any atom is -0.543 e. The highest BCUT2D eigenvalue weighted by Crippen LogP contribution is 2.40. The van der Waals surface area contributed by atoms with Gasteiger partial charge in [-0.05, 0) is 23.1 Å². The molecule has 2 aromatic rings. The van der Waals surface area contributed by atoms with Crippen LogP contribution >= 0.6 is 34.4 Å². The minimum absolute atomic E-state index is 0.134. The number of likely N-dealkylation sites (N-methyl/N-ethyl adjacent to an activating group) is 1. The number of nitrogens with zero attached hydrogens (tertiary/aromatic N) is 4. The molecule has 2 aromatic heterocycles. The van der Waals surface area contributed by atoms with Crippen LogP contribution in [0.25, 0.3) is 0 Å². The van der Waals surface area contributed by atoms with Gasteiger partial charge < -0.3 is 30.3 Å². The molecule has 2 aliphatic heterocycles. The molecule has 1 fully saturated rings. The number of β-lactam (4-membered cyclic amide) rings is 1. The number of allylic oxidation sites excluding steroid dienone is 1. The summed E-state index contributed by atoms with van der Waals surface area (Å²) in [6.45, 7) is 1.52. The number of hydrogen-bond donors (Lipinski definition) is 2. The molecule has 2 atom stereocenters. The predicted molar refractivity (Wildman–Crippen MR) is 141 cm³/mol. The van der Waals surface area contributed by atoms with E-state index in [-0.39, 0.29) is 22.2 Å². The lowest BCUT2D eigenvalue weighted by atomic mass is 10.0. The van der Waals surface area contributed by atoms with Gasteiger partial charge in [-0.15, -0.1) is 34.4 Å². The van der Waals surface area contributed by atoms with Crippen LogP contribution in [0, 0.1) is 0 Å². The molecule has 2 aliphatic rings. The summed E-state index contributed by atoms with van der Waals surface area (Å²) in [4.78, 5) is 49.1. The van der Waals surface area contributed by atoms with E-state index in [1.54, 1.807) is 22.8 Å². The number of fused-ring (bicyclic) bond motifs is 1. The van der Waals surface area contributed by atoms with Crippen LogP contribution < -0.4 is 16.2 Å². The van der Waals surface area contributed by atoms with Crippen LogP contribution in [-0.2, 0) is 25.8 Å². The fourth-order valence-electron chi connectivity index (χ4n) is 4.03. The number of oxime groups is 1. The Morgan fingerprint density at radius 2 is 2.19 bits per heavy atom. The van der Waals surface area contributed by atoms with Gasteiger partial charge in [-0.1, -0.05) is 17.3 Å². The summed E-state index contributed by atoms with van der Waals surface area (Å²) in [5.74, 6) is -2.31. The van der Waals surface area contributed by atoms with Gasteiger partial charge in [0.05, 0.1) is 37.2 Å². The molecule has 196 valence electrons. The van der Waals surface area contributed by atoms with Crippen molar-refractivity contribution < 1.29 is 28.8 Å². The third-order valence-corrected chi connectivity index (χ3v) is 8.56. The Kier molecular flexibility index (Phi) is 8.02. The van der Waals surface area contributed by atoms with Crippen molar-refractivity contribution in [2.24, 2.45) is 5.16 Å². The Balaban J connectivity index is 1.46. The number of aromatic nitrogens is 1. The maximum atomic E-state index is 13.0. The molecule has 14 heteroatoms. The van der Waals surface area contributed by atoms with Crippen molar-refractivity contribution in [2.75, 3.05) is 39.2 Å². The monoisotopic (exact) mass is 562 g/mol.